The number of rotatable bonds is 32. The SMILES string of the molecule is CCCCCCCCCCCCCCC[C@H](O)[C@H](CCCCCCCCCCCCCC)C(=O)OC[C@@H](O)CO. The maximum absolute atomic E-state index is 12.7. The van der Waals surface area contributed by atoms with Gasteiger partial charge in [0.05, 0.1) is 18.6 Å². The molecular formula is C35H70O5. The summed E-state index contributed by atoms with van der Waals surface area (Å²) < 4.78 is 5.25. The Labute approximate surface area is 249 Å². The number of aliphatic hydroxyl groups excluding tert-OH is 3. The number of carbonyl (C=O) groups is 1. The molecule has 0 bridgehead atoms. The van der Waals surface area contributed by atoms with Crippen LogP contribution >= 0.6 is 0 Å². The van der Waals surface area contributed by atoms with E-state index in [2.05, 4.69) is 13.8 Å². The van der Waals surface area contributed by atoms with Crippen LogP contribution in [0.4, 0.5) is 0 Å². The fourth-order valence-electron chi connectivity index (χ4n) is 5.58. The Balaban J connectivity index is 4.06. The third kappa shape index (κ3) is 26.3. The number of hydrogen-bond acceptors (Lipinski definition) is 5. The van der Waals surface area contributed by atoms with Crippen LogP contribution in [0.5, 0.6) is 0 Å². The van der Waals surface area contributed by atoms with Gasteiger partial charge in [-0.1, -0.05) is 174 Å². The van der Waals surface area contributed by atoms with Crippen LogP contribution in [0.1, 0.15) is 187 Å². The van der Waals surface area contributed by atoms with Crippen molar-refractivity contribution < 1.29 is 24.9 Å². The topological polar surface area (TPSA) is 87.0 Å². The first kappa shape index (κ1) is 39.4. The second-order valence-corrected chi connectivity index (χ2v) is 12.3. The molecule has 0 radical (unpaired) electrons. The Morgan fingerprint density at radius 1 is 0.525 bits per heavy atom. The van der Waals surface area contributed by atoms with Gasteiger partial charge in [0.15, 0.2) is 0 Å². The molecule has 0 saturated heterocycles. The molecule has 240 valence electrons. The Morgan fingerprint density at radius 3 is 1.20 bits per heavy atom. The minimum absolute atomic E-state index is 0.213. The summed E-state index contributed by atoms with van der Waals surface area (Å²) >= 11 is 0. The van der Waals surface area contributed by atoms with Crippen molar-refractivity contribution in [2.75, 3.05) is 13.2 Å². The zero-order chi connectivity index (χ0) is 29.5. The molecular weight excluding hydrogens is 500 g/mol. The summed E-state index contributed by atoms with van der Waals surface area (Å²) in [6.07, 6.45) is 31.4. The zero-order valence-electron chi connectivity index (χ0n) is 26.9. The van der Waals surface area contributed by atoms with Crippen molar-refractivity contribution in [3.63, 3.8) is 0 Å². The average molecular weight is 571 g/mol. The van der Waals surface area contributed by atoms with Crippen molar-refractivity contribution in [3.8, 4) is 0 Å². The third-order valence-electron chi connectivity index (χ3n) is 8.37. The summed E-state index contributed by atoms with van der Waals surface area (Å²) in [6, 6.07) is 0. The quantitative estimate of drug-likeness (QED) is 0.0554. The van der Waals surface area contributed by atoms with Gasteiger partial charge in [0.25, 0.3) is 0 Å². The number of hydrogen-bond donors (Lipinski definition) is 3. The molecule has 0 rings (SSSR count). The van der Waals surface area contributed by atoms with E-state index >= 15 is 0 Å². The number of unbranched alkanes of at least 4 members (excludes halogenated alkanes) is 23. The van der Waals surface area contributed by atoms with Gasteiger partial charge < -0.3 is 20.1 Å². The summed E-state index contributed by atoms with van der Waals surface area (Å²) in [5, 5.41) is 29.4. The van der Waals surface area contributed by atoms with Crippen LogP contribution in [0, 0.1) is 5.92 Å². The largest absolute Gasteiger partial charge is 0.463 e. The Hall–Kier alpha value is -0.650. The van der Waals surface area contributed by atoms with Crippen LogP contribution in [0.3, 0.4) is 0 Å². The molecule has 0 aromatic rings. The van der Waals surface area contributed by atoms with Gasteiger partial charge in [-0.25, -0.2) is 0 Å². The highest BCUT2D eigenvalue weighted by molar-refractivity contribution is 5.73. The first-order valence-corrected chi connectivity index (χ1v) is 17.7. The molecule has 0 aromatic carbocycles. The molecule has 0 aliphatic rings. The molecule has 3 N–H and O–H groups in total. The van der Waals surface area contributed by atoms with E-state index in [0.717, 1.165) is 25.7 Å². The molecule has 0 aliphatic carbocycles. The van der Waals surface area contributed by atoms with Crippen molar-refractivity contribution >= 4 is 5.97 Å². The lowest BCUT2D eigenvalue weighted by Gasteiger charge is -2.22. The Morgan fingerprint density at radius 2 is 0.850 bits per heavy atom. The van der Waals surface area contributed by atoms with E-state index in [0.29, 0.717) is 12.8 Å². The first-order valence-electron chi connectivity index (χ1n) is 17.7. The first-order chi connectivity index (χ1) is 19.6. The second-order valence-electron chi connectivity index (χ2n) is 12.3. The summed E-state index contributed by atoms with van der Waals surface area (Å²) in [5.74, 6) is -0.968. The molecule has 0 amide bonds. The van der Waals surface area contributed by atoms with Gasteiger partial charge in [0.1, 0.15) is 12.7 Å². The standard InChI is InChI=1S/C35H70O5/c1-3-5-7-9-11-13-15-17-19-21-23-25-27-29-34(38)33(35(39)40-31-32(37)30-36)28-26-24-22-20-18-16-14-12-10-8-6-4-2/h32-34,36-38H,3-31H2,1-2H3/t32-,33-,34-/m0/s1. The summed E-state index contributed by atoms with van der Waals surface area (Å²) in [7, 11) is 0. The molecule has 0 aliphatic heterocycles. The van der Waals surface area contributed by atoms with E-state index in [4.69, 9.17) is 9.84 Å². The summed E-state index contributed by atoms with van der Waals surface area (Å²) in [5.41, 5.74) is 0. The van der Waals surface area contributed by atoms with Crippen molar-refractivity contribution in [1.29, 1.82) is 0 Å². The van der Waals surface area contributed by atoms with Crippen molar-refractivity contribution in [2.24, 2.45) is 5.92 Å². The van der Waals surface area contributed by atoms with Crippen LogP contribution in [0.2, 0.25) is 0 Å². The lowest BCUT2D eigenvalue weighted by molar-refractivity contribution is -0.156. The second kappa shape index (κ2) is 31.3. The third-order valence-corrected chi connectivity index (χ3v) is 8.37. The smallest absolute Gasteiger partial charge is 0.311 e. The molecule has 0 aromatic heterocycles. The van der Waals surface area contributed by atoms with E-state index in [-0.39, 0.29) is 6.61 Å². The van der Waals surface area contributed by atoms with Crippen LogP contribution in [0.15, 0.2) is 0 Å². The molecule has 3 atom stereocenters. The highest BCUT2D eigenvalue weighted by Gasteiger charge is 2.28. The normalized spacial score (nSPS) is 13.8. The minimum Gasteiger partial charge on any atom is -0.463 e. The maximum Gasteiger partial charge on any atom is 0.311 e. The molecule has 0 spiro atoms. The minimum atomic E-state index is -1.06. The fourth-order valence-corrected chi connectivity index (χ4v) is 5.58. The average Bonchev–Trinajstić information content (AvgIpc) is 2.96. The highest BCUT2D eigenvalue weighted by atomic mass is 16.5. The zero-order valence-corrected chi connectivity index (χ0v) is 26.9. The van der Waals surface area contributed by atoms with Crippen molar-refractivity contribution in [1.82, 2.24) is 0 Å². The Bertz CT molecular complexity index is 512. The molecule has 40 heavy (non-hydrogen) atoms. The highest BCUT2D eigenvalue weighted by Crippen LogP contribution is 2.22. The molecule has 5 heteroatoms. The predicted octanol–water partition coefficient (Wildman–Crippen LogP) is 9.43. The lowest BCUT2D eigenvalue weighted by atomic mass is 9.91. The number of ether oxygens (including phenoxy) is 1. The monoisotopic (exact) mass is 571 g/mol. The lowest BCUT2D eigenvalue weighted by Crippen LogP contribution is -2.32. The molecule has 5 nitrogen and oxygen atoms in total. The van der Waals surface area contributed by atoms with E-state index in [9.17, 15) is 15.0 Å². The number of esters is 1. The summed E-state index contributed by atoms with van der Waals surface area (Å²) in [4.78, 5) is 12.7. The van der Waals surface area contributed by atoms with Gasteiger partial charge in [0.2, 0.25) is 0 Å². The van der Waals surface area contributed by atoms with Gasteiger partial charge in [-0.3, -0.25) is 4.79 Å². The van der Waals surface area contributed by atoms with Crippen LogP contribution in [0.25, 0.3) is 0 Å². The van der Waals surface area contributed by atoms with Crippen molar-refractivity contribution in [3.05, 3.63) is 0 Å². The van der Waals surface area contributed by atoms with E-state index in [1.165, 1.54) is 135 Å². The van der Waals surface area contributed by atoms with Gasteiger partial charge in [-0.05, 0) is 12.8 Å². The van der Waals surface area contributed by atoms with Gasteiger partial charge in [-0.15, -0.1) is 0 Å². The number of carbonyl (C=O) groups excluding carboxylic acids is 1. The van der Waals surface area contributed by atoms with Crippen LogP contribution in [-0.2, 0) is 9.53 Å². The van der Waals surface area contributed by atoms with E-state index < -0.39 is 30.7 Å². The Kier molecular flexibility index (Phi) is 30.8. The van der Waals surface area contributed by atoms with Gasteiger partial charge >= 0.3 is 5.97 Å². The maximum atomic E-state index is 12.7. The molecule has 0 saturated carbocycles. The van der Waals surface area contributed by atoms with Gasteiger partial charge in [0, 0.05) is 0 Å². The summed E-state index contributed by atoms with van der Waals surface area (Å²) in [6.45, 7) is 3.88. The molecule has 0 heterocycles. The van der Waals surface area contributed by atoms with Crippen LogP contribution < -0.4 is 0 Å². The van der Waals surface area contributed by atoms with Crippen LogP contribution in [-0.4, -0.2) is 46.7 Å². The predicted molar refractivity (Wildman–Crippen MR) is 170 cm³/mol. The molecule has 0 unspecified atom stereocenters. The van der Waals surface area contributed by atoms with Crippen molar-refractivity contribution in [2.45, 2.75) is 199 Å². The number of aliphatic hydroxyl groups is 3. The van der Waals surface area contributed by atoms with E-state index in [1.807, 2.05) is 0 Å². The van der Waals surface area contributed by atoms with E-state index in [1.54, 1.807) is 0 Å². The molecule has 0 fully saturated rings. The fraction of sp³-hybridized carbons (Fsp3) is 0.971. The van der Waals surface area contributed by atoms with Gasteiger partial charge in [-0.2, -0.15) is 0 Å².